The highest BCUT2D eigenvalue weighted by atomic mass is 35.5. The van der Waals surface area contributed by atoms with Gasteiger partial charge in [-0.3, -0.25) is 0 Å². The van der Waals surface area contributed by atoms with E-state index in [-0.39, 0.29) is 35.7 Å². The molecule has 1 aromatic carbocycles. The highest BCUT2D eigenvalue weighted by Crippen LogP contribution is 2.24. The molecular weight excluding hydrogens is 335 g/mol. The molecule has 0 aromatic heterocycles. The number of rotatable bonds is 5. The number of amides is 2. The van der Waals surface area contributed by atoms with Gasteiger partial charge in [0, 0.05) is 6.04 Å². The van der Waals surface area contributed by atoms with E-state index in [9.17, 15) is 17.6 Å². The molecule has 6 nitrogen and oxygen atoms in total. The molecule has 1 heterocycles. The Morgan fingerprint density at radius 3 is 2.86 bits per heavy atom. The summed E-state index contributed by atoms with van der Waals surface area (Å²) in [6.07, 6.45) is 0.428. The summed E-state index contributed by atoms with van der Waals surface area (Å²) in [6, 6.07) is 2.97. The summed E-state index contributed by atoms with van der Waals surface area (Å²) in [5.41, 5.74) is 0. The van der Waals surface area contributed by atoms with Crippen molar-refractivity contribution in [3.63, 3.8) is 0 Å². The molecule has 9 heteroatoms. The third-order valence-corrected chi connectivity index (χ3v) is 5.17. The molecule has 1 fully saturated rings. The van der Waals surface area contributed by atoms with Crippen LogP contribution in [-0.4, -0.2) is 45.1 Å². The highest BCUT2D eigenvalue weighted by molar-refractivity contribution is 7.91. The van der Waals surface area contributed by atoms with Gasteiger partial charge in [0.05, 0.1) is 23.1 Å². The van der Waals surface area contributed by atoms with Gasteiger partial charge in [-0.2, -0.15) is 0 Å². The Bertz CT molecular complexity index is 653. The third kappa shape index (κ3) is 5.03. The first kappa shape index (κ1) is 16.8. The number of ether oxygens (including phenoxy) is 1. The molecule has 0 saturated carbocycles. The van der Waals surface area contributed by atoms with Crippen LogP contribution in [0.4, 0.5) is 9.18 Å². The third-order valence-electron chi connectivity index (χ3n) is 3.11. The fourth-order valence-electron chi connectivity index (χ4n) is 2.06. The summed E-state index contributed by atoms with van der Waals surface area (Å²) in [6.45, 7) is 0.362. The Morgan fingerprint density at radius 1 is 1.45 bits per heavy atom. The Balaban J connectivity index is 1.67. The SMILES string of the molecule is O=C(NCCOc1ccc(F)cc1Cl)NC1CCS(=O)(=O)C1. The molecule has 1 unspecified atom stereocenters. The van der Waals surface area contributed by atoms with Crippen LogP contribution in [0.25, 0.3) is 0 Å². The Hall–Kier alpha value is -1.54. The van der Waals surface area contributed by atoms with Crippen molar-refractivity contribution in [2.45, 2.75) is 12.5 Å². The second-order valence-electron chi connectivity index (χ2n) is 4.92. The van der Waals surface area contributed by atoms with Crippen molar-refractivity contribution >= 4 is 27.5 Å². The maximum Gasteiger partial charge on any atom is 0.315 e. The zero-order valence-electron chi connectivity index (χ0n) is 11.6. The van der Waals surface area contributed by atoms with Crippen molar-refractivity contribution < 1.29 is 22.3 Å². The first-order valence-corrected chi connectivity index (χ1v) is 8.88. The summed E-state index contributed by atoms with van der Waals surface area (Å²) >= 11 is 5.79. The standard InChI is InChI=1S/C13H16ClFN2O4S/c14-11-7-9(15)1-2-12(11)21-5-4-16-13(18)17-10-3-6-22(19,20)8-10/h1-2,7,10H,3-6,8H2,(H2,16,17,18). The lowest BCUT2D eigenvalue weighted by Gasteiger charge is -2.12. The second-order valence-corrected chi connectivity index (χ2v) is 7.56. The molecule has 1 aromatic rings. The molecule has 122 valence electrons. The average molecular weight is 351 g/mol. The van der Waals surface area contributed by atoms with Gasteiger partial charge in [0.1, 0.15) is 18.2 Å². The largest absolute Gasteiger partial charge is 0.490 e. The van der Waals surface area contributed by atoms with Crippen molar-refractivity contribution in [1.29, 1.82) is 0 Å². The fraction of sp³-hybridized carbons (Fsp3) is 0.462. The molecule has 0 spiro atoms. The number of nitrogens with one attached hydrogen (secondary N) is 2. The van der Waals surface area contributed by atoms with Gasteiger partial charge in [0.2, 0.25) is 0 Å². The van der Waals surface area contributed by atoms with Gasteiger partial charge < -0.3 is 15.4 Å². The van der Waals surface area contributed by atoms with Crippen molar-refractivity contribution in [3.8, 4) is 5.75 Å². The van der Waals surface area contributed by atoms with E-state index in [0.717, 1.165) is 6.07 Å². The zero-order valence-corrected chi connectivity index (χ0v) is 13.2. The molecule has 2 amide bonds. The van der Waals surface area contributed by atoms with Gasteiger partial charge in [0.15, 0.2) is 9.84 Å². The van der Waals surface area contributed by atoms with Gasteiger partial charge in [0.25, 0.3) is 0 Å². The molecule has 1 saturated heterocycles. The molecule has 22 heavy (non-hydrogen) atoms. The summed E-state index contributed by atoms with van der Waals surface area (Å²) in [7, 11) is -3.02. The molecule has 0 radical (unpaired) electrons. The Labute approximate surface area is 132 Å². The second kappa shape index (κ2) is 7.15. The number of carbonyl (C=O) groups is 1. The number of hydrogen-bond donors (Lipinski definition) is 2. The van der Waals surface area contributed by atoms with Gasteiger partial charge >= 0.3 is 6.03 Å². The molecule has 2 N–H and O–H groups in total. The molecule has 0 bridgehead atoms. The fourth-order valence-corrected chi connectivity index (χ4v) is 3.96. The number of urea groups is 1. The molecule has 1 aliphatic rings. The number of benzene rings is 1. The van der Waals surface area contributed by atoms with Crippen LogP contribution in [-0.2, 0) is 9.84 Å². The van der Waals surface area contributed by atoms with Crippen molar-refractivity contribution in [1.82, 2.24) is 10.6 Å². The monoisotopic (exact) mass is 350 g/mol. The van der Waals surface area contributed by atoms with Crippen LogP contribution in [0.2, 0.25) is 5.02 Å². The average Bonchev–Trinajstić information content (AvgIpc) is 2.76. The van der Waals surface area contributed by atoms with Crippen LogP contribution in [0.1, 0.15) is 6.42 Å². The molecule has 1 aliphatic heterocycles. The van der Waals surface area contributed by atoms with Crippen molar-refractivity contribution in [2.75, 3.05) is 24.7 Å². The molecule has 1 atom stereocenters. The van der Waals surface area contributed by atoms with E-state index in [1.54, 1.807) is 0 Å². The number of halogens is 2. The lowest BCUT2D eigenvalue weighted by atomic mass is 10.3. The number of sulfone groups is 1. The summed E-state index contributed by atoms with van der Waals surface area (Å²) < 4.78 is 40.7. The number of hydrogen-bond acceptors (Lipinski definition) is 4. The van der Waals surface area contributed by atoms with E-state index in [2.05, 4.69) is 10.6 Å². The number of carbonyl (C=O) groups excluding carboxylic acids is 1. The van der Waals surface area contributed by atoms with Crippen molar-refractivity contribution in [2.24, 2.45) is 0 Å². The Kier molecular flexibility index (Phi) is 5.47. The predicted octanol–water partition coefficient (Wildman–Crippen LogP) is 1.34. The van der Waals surface area contributed by atoms with E-state index in [0.29, 0.717) is 12.2 Å². The van der Waals surface area contributed by atoms with E-state index in [4.69, 9.17) is 16.3 Å². The first-order valence-electron chi connectivity index (χ1n) is 6.68. The van der Waals surface area contributed by atoms with Crippen LogP contribution in [0, 0.1) is 5.82 Å². The van der Waals surface area contributed by atoms with Gasteiger partial charge in [-0.15, -0.1) is 0 Å². The lowest BCUT2D eigenvalue weighted by molar-refractivity contribution is 0.233. The smallest absolute Gasteiger partial charge is 0.315 e. The minimum atomic E-state index is -3.02. The van der Waals surface area contributed by atoms with Gasteiger partial charge in [-0.25, -0.2) is 17.6 Å². The molecular formula is C13H16ClFN2O4S. The predicted molar refractivity (Wildman–Crippen MR) is 80.5 cm³/mol. The summed E-state index contributed by atoms with van der Waals surface area (Å²) in [5.74, 6) is -0.0554. The van der Waals surface area contributed by atoms with E-state index >= 15 is 0 Å². The Morgan fingerprint density at radius 2 is 2.23 bits per heavy atom. The van der Waals surface area contributed by atoms with Crippen LogP contribution in [0.5, 0.6) is 5.75 Å². The van der Waals surface area contributed by atoms with E-state index in [1.807, 2.05) is 0 Å². The van der Waals surface area contributed by atoms with Crippen LogP contribution < -0.4 is 15.4 Å². The van der Waals surface area contributed by atoms with Crippen LogP contribution >= 0.6 is 11.6 Å². The lowest BCUT2D eigenvalue weighted by Crippen LogP contribution is -2.43. The van der Waals surface area contributed by atoms with Crippen LogP contribution in [0.15, 0.2) is 18.2 Å². The van der Waals surface area contributed by atoms with Gasteiger partial charge in [-0.1, -0.05) is 11.6 Å². The van der Waals surface area contributed by atoms with Crippen molar-refractivity contribution in [3.05, 3.63) is 29.0 Å². The molecule has 0 aliphatic carbocycles. The zero-order chi connectivity index (χ0) is 16.2. The summed E-state index contributed by atoms with van der Waals surface area (Å²) in [5, 5.41) is 5.30. The minimum Gasteiger partial charge on any atom is -0.490 e. The van der Waals surface area contributed by atoms with Crippen LogP contribution in [0.3, 0.4) is 0 Å². The maximum atomic E-state index is 12.8. The maximum absolute atomic E-state index is 12.8. The minimum absolute atomic E-state index is 0.0257. The topological polar surface area (TPSA) is 84.5 Å². The first-order chi connectivity index (χ1) is 10.4. The van der Waals surface area contributed by atoms with Gasteiger partial charge in [-0.05, 0) is 24.6 Å². The highest BCUT2D eigenvalue weighted by Gasteiger charge is 2.28. The van der Waals surface area contributed by atoms with E-state index < -0.39 is 21.7 Å². The quantitative estimate of drug-likeness (QED) is 0.785. The summed E-state index contributed by atoms with van der Waals surface area (Å²) in [4.78, 5) is 11.6. The van der Waals surface area contributed by atoms with E-state index in [1.165, 1.54) is 12.1 Å². The normalized spacial score (nSPS) is 19.6. The molecule has 2 rings (SSSR count).